The smallest absolute Gasteiger partial charge is 0.174 e. The number of carbonyl (C=O) groups is 1. The molecule has 0 saturated heterocycles. The second-order valence-electron chi connectivity index (χ2n) is 2.90. The number of aromatic nitrogens is 2. The number of Topliss-reactive ketones (excluding diaryl/α,β-unsaturated/α-hetero) is 1. The van der Waals surface area contributed by atoms with Gasteiger partial charge in [-0.15, -0.1) is 10.2 Å². The molecule has 0 radical (unpaired) electrons. The number of carbonyl (C=O) groups excluding carboxylic acids is 1. The van der Waals surface area contributed by atoms with Crippen LogP contribution in [0.15, 0.2) is 38.6 Å². The average molecular weight is 315 g/mol. The Morgan fingerprint density at radius 2 is 2.25 bits per heavy atom. The topological polar surface area (TPSA) is 42.9 Å². The maximum absolute atomic E-state index is 11.9. The summed E-state index contributed by atoms with van der Waals surface area (Å²) >= 11 is 6.21. The monoisotopic (exact) mass is 314 g/mol. The Kier molecular flexibility index (Phi) is 4.09. The van der Waals surface area contributed by atoms with Gasteiger partial charge >= 0.3 is 0 Å². The zero-order chi connectivity index (χ0) is 11.4. The van der Waals surface area contributed by atoms with Crippen LogP contribution in [-0.4, -0.2) is 21.7 Å². The van der Waals surface area contributed by atoms with Gasteiger partial charge in [-0.25, -0.2) is 0 Å². The van der Waals surface area contributed by atoms with Gasteiger partial charge in [0.05, 0.1) is 5.75 Å². The molecule has 0 aliphatic rings. The molecule has 82 valence electrons. The Hall–Kier alpha value is -0.720. The lowest BCUT2D eigenvalue weighted by molar-refractivity contribution is 0.102. The number of thioether (sulfide) groups is 1. The fourth-order valence-corrected chi connectivity index (χ4v) is 3.00. The molecular weight excluding hydrogens is 308 g/mol. The van der Waals surface area contributed by atoms with Crippen molar-refractivity contribution in [3.63, 3.8) is 0 Å². The SMILES string of the molecule is O=C(CSc1nncs1)c1ccccc1Br. The number of ketones is 1. The summed E-state index contributed by atoms with van der Waals surface area (Å²) in [5, 5.41) is 7.59. The Balaban J connectivity index is 2.01. The molecule has 2 aromatic rings. The van der Waals surface area contributed by atoms with Crippen LogP contribution >= 0.6 is 39.0 Å². The van der Waals surface area contributed by atoms with Crippen LogP contribution in [0.1, 0.15) is 10.4 Å². The van der Waals surface area contributed by atoms with Gasteiger partial charge in [-0.1, -0.05) is 57.2 Å². The highest BCUT2D eigenvalue weighted by Gasteiger charge is 2.10. The van der Waals surface area contributed by atoms with Gasteiger partial charge in [-0.3, -0.25) is 4.79 Å². The van der Waals surface area contributed by atoms with Crippen molar-refractivity contribution < 1.29 is 4.79 Å². The van der Waals surface area contributed by atoms with Crippen LogP contribution in [0.3, 0.4) is 0 Å². The summed E-state index contributed by atoms with van der Waals surface area (Å²) in [5.74, 6) is 0.477. The molecule has 2 rings (SSSR count). The molecule has 0 fully saturated rings. The molecule has 0 unspecified atom stereocenters. The van der Waals surface area contributed by atoms with E-state index in [9.17, 15) is 4.79 Å². The van der Waals surface area contributed by atoms with Crippen molar-refractivity contribution in [1.82, 2.24) is 10.2 Å². The minimum Gasteiger partial charge on any atom is -0.293 e. The van der Waals surface area contributed by atoms with E-state index in [2.05, 4.69) is 26.1 Å². The molecule has 1 aromatic heterocycles. The largest absolute Gasteiger partial charge is 0.293 e. The third-order valence-electron chi connectivity index (χ3n) is 1.84. The maximum atomic E-state index is 11.9. The van der Waals surface area contributed by atoms with E-state index >= 15 is 0 Å². The average Bonchev–Trinajstić information content (AvgIpc) is 2.79. The van der Waals surface area contributed by atoms with Crippen LogP contribution in [0.5, 0.6) is 0 Å². The lowest BCUT2D eigenvalue weighted by atomic mass is 10.1. The van der Waals surface area contributed by atoms with Crippen LogP contribution in [0.4, 0.5) is 0 Å². The summed E-state index contributed by atoms with van der Waals surface area (Å²) in [4.78, 5) is 11.9. The molecular formula is C10H7BrN2OS2. The molecule has 6 heteroatoms. The van der Waals surface area contributed by atoms with Crippen molar-refractivity contribution in [2.24, 2.45) is 0 Å². The first-order valence-corrected chi connectivity index (χ1v) is 7.10. The molecule has 0 spiro atoms. The first kappa shape index (κ1) is 11.8. The van der Waals surface area contributed by atoms with E-state index < -0.39 is 0 Å². The second kappa shape index (κ2) is 5.56. The minimum atomic E-state index is 0.0904. The van der Waals surface area contributed by atoms with E-state index in [4.69, 9.17) is 0 Å². The van der Waals surface area contributed by atoms with Gasteiger partial charge in [0.15, 0.2) is 10.1 Å². The number of nitrogens with zero attached hydrogens (tertiary/aromatic N) is 2. The Labute approximate surface area is 109 Å². The van der Waals surface area contributed by atoms with Gasteiger partial charge in [-0.05, 0) is 6.07 Å². The predicted octanol–water partition coefficient (Wildman–Crippen LogP) is 3.28. The highest BCUT2D eigenvalue weighted by Crippen LogP contribution is 2.22. The summed E-state index contributed by atoms with van der Waals surface area (Å²) in [6.07, 6.45) is 0. The van der Waals surface area contributed by atoms with Gasteiger partial charge in [0.25, 0.3) is 0 Å². The van der Waals surface area contributed by atoms with E-state index in [1.807, 2.05) is 24.3 Å². The van der Waals surface area contributed by atoms with Crippen molar-refractivity contribution in [2.75, 3.05) is 5.75 Å². The van der Waals surface area contributed by atoms with E-state index in [-0.39, 0.29) is 5.78 Å². The first-order chi connectivity index (χ1) is 7.77. The molecule has 0 amide bonds. The maximum Gasteiger partial charge on any atom is 0.174 e. The van der Waals surface area contributed by atoms with Crippen LogP contribution in [0, 0.1) is 0 Å². The quantitative estimate of drug-likeness (QED) is 0.641. The lowest BCUT2D eigenvalue weighted by Gasteiger charge is -2.01. The third kappa shape index (κ3) is 2.90. The standard InChI is InChI=1S/C10H7BrN2OS2/c11-8-4-2-1-3-7(8)9(14)5-15-10-13-12-6-16-10/h1-4,6H,5H2. The molecule has 1 heterocycles. The van der Waals surface area contributed by atoms with Gasteiger partial charge < -0.3 is 0 Å². The molecule has 0 saturated carbocycles. The lowest BCUT2D eigenvalue weighted by Crippen LogP contribution is -2.02. The molecule has 0 bridgehead atoms. The minimum absolute atomic E-state index is 0.0904. The summed E-state index contributed by atoms with van der Waals surface area (Å²) in [5.41, 5.74) is 2.37. The third-order valence-corrected chi connectivity index (χ3v) is 4.39. The van der Waals surface area contributed by atoms with Crippen molar-refractivity contribution >= 4 is 44.8 Å². The molecule has 3 nitrogen and oxygen atoms in total. The van der Waals surface area contributed by atoms with Gasteiger partial charge in [0.1, 0.15) is 5.51 Å². The van der Waals surface area contributed by atoms with E-state index in [0.29, 0.717) is 11.3 Å². The predicted molar refractivity (Wildman–Crippen MR) is 69.1 cm³/mol. The Morgan fingerprint density at radius 1 is 1.44 bits per heavy atom. The fraction of sp³-hybridized carbons (Fsp3) is 0.100. The van der Waals surface area contributed by atoms with Gasteiger partial charge in [-0.2, -0.15) is 0 Å². The van der Waals surface area contributed by atoms with Crippen LogP contribution in [-0.2, 0) is 0 Å². The first-order valence-electron chi connectivity index (χ1n) is 4.44. The highest BCUT2D eigenvalue weighted by molar-refractivity contribution is 9.10. The van der Waals surface area contributed by atoms with Crippen LogP contribution in [0.25, 0.3) is 0 Å². The van der Waals surface area contributed by atoms with Crippen LogP contribution in [0.2, 0.25) is 0 Å². The zero-order valence-corrected chi connectivity index (χ0v) is 11.3. The number of benzene rings is 1. The van der Waals surface area contributed by atoms with Crippen molar-refractivity contribution in [1.29, 1.82) is 0 Å². The highest BCUT2D eigenvalue weighted by atomic mass is 79.9. The van der Waals surface area contributed by atoms with E-state index in [0.717, 1.165) is 8.81 Å². The van der Waals surface area contributed by atoms with Crippen molar-refractivity contribution in [2.45, 2.75) is 4.34 Å². The number of hydrogen-bond acceptors (Lipinski definition) is 5. The fourth-order valence-electron chi connectivity index (χ4n) is 1.12. The normalized spacial score (nSPS) is 10.3. The molecule has 1 aromatic carbocycles. The zero-order valence-electron chi connectivity index (χ0n) is 8.09. The second-order valence-corrected chi connectivity index (χ2v) is 5.81. The Morgan fingerprint density at radius 3 is 2.94 bits per heavy atom. The molecule has 0 N–H and O–H groups in total. The number of rotatable bonds is 4. The van der Waals surface area contributed by atoms with E-state index in [1.165, 1.54) is 23.1 Å². The van der Waals surface area contributed by atoms with E-state index in [1.54, 1.807) is 5.51 Å². The number of hydrogen-bond donors (Lipinski definition) is 0. The van der Waals surface area contributed by atoms with Crippen molar-refractivity contribution in [3.8, 4) is 0 Å². The van der Waals surface area contributed by atoms with Crippen molar-refractivity contribution in [3.05, 3.63) is 39.8 Å². The summed E-state index contributed by atoms with van der Waals surface area (Å²) < 4.78 is 1.65. The van der Waals surface area contributed by atoms with Crippen LogP contribution < -0.4 is 0 Å². The molecule has 16 heavy (non-hydrogen) atoms. The molecule has 0 aliphatic heterocycles. The number of halogens is 1. The summed E-state index contributed by atoms with van der Waals surface area (Å²) in [7, 11) is 0. The Bertz CT molecular complexity index is 487. The molecule has 0 atom stereocenters. The summed E-state index contributed by atoms with van der Waals surface area (Å²) in [6, 6.07) is 7.42. The van der Waals surface area contributed by atoms with Gasteiger partial charge in [0, 0.05) is 10.0 Å². The van der Waals surface area contributed by atoms with Gasteiger partial charge in [0.2, 0.25) is 0 Å². The summed E-state index contributed by atoms with van der Waals surface area (Å²) in [6.45, 7) is 0. The molecule has 0 aliphatic carbocycles.